The van der Waals surface area contributed by atoms with Crippen LogP contribution in [-0.2, 0) is 9.59 Å². The highest BCUT2D eigenvalue weighted by molar-refractivity contribution is 6.35. The minimum atomic E-state index is -0.428. The van der Waals surface area contributed by atoms with Crippen LogP contribution >= 0.6 is 0 Å². The average Bonchev–Trinajstić information content (AvgIpc) is 2.27. The second kappa shape index (κ2) is 5.65. The Morgan fingerprint density at radius 2 is 2.06 bits per heavy atom. The van der Waals surface area contributed by atoms with E-state index in [0.717, 1.165) is 12.1 Å². The second-order valence-corrected chi connectivity index (χ2v) is 3.98. The van der Waals surface area contributed by atoms with Crippen LogP contribution in [0.1, 0.15) is 6.92 Å². The molecule has 1 heterocycles. The highest BCUT2D eigenvalue weighted by Crippen LogP contribution is 2.05. The van der Waals surface area contributed by atoms with E-state index in [9.17, 15) is 9.59 Å². The van der Waals surface area contributed by atoms with Crippen molar-refractivity contribution in [1.82, 2.24) is 15.1 Å². The van der Waals surface area contributed by atoms with Gasteiger partial charge in [-0.3, -0.25) is 9.59 Å². The molecule has 0 aromatic heterocycles. The summed E-state index contributed by atoms with van der Waals surface area (Å²) < 4.78 is 0. The van der Waals surface area contributed by atoms with Crippen LogP contribution in [0.15, 0.2) is 12.2 Å². The van der Waals surface area contributed by atoms with E-state index in [2.05, 4.69) is 11.9 Å². The lowest BCUT2D eigenvalue weighted by atomic mass is 10.2. The molecule has 1 rings (SSSR count). The minimum Gasteiger partial charge on any atom is -0.336 e. The van der Waals surface area contributed by atoms with Crippen molar-refractivity contribution in [2.24, 2.45) is 0 Å². The van der Waals surface area contributed by atoms with Gasteiger partial charge in [-0.15, -0.1) is 0 Å². The zero-order valence-electron chi connectivity index (χ0n) is 9.95. The summed E-state index contributed by atoms with van der Waals surface area (Å²) in [5.41, 5.74) is 0.924. The lowest BCUT2D eigenvalue weighted by molar-refractivity contribution is -0.154. The van der Waals surface area contributed by atoms with Gasteiger partial charge in [-0.25, -0.2) is 0 Å². The number of likely N-dealkylation sites (N-methyl/N-ethyl adjacent to an activating group) is 2. The maximum absolute atomic E-state index is 11.6. The maximum Gasteiger partial charge on any atom is 0.312 e. The Labute approximate surface area is 96.1 Å². The molecule has 0 saturated carbocycles. The molecule has 0 aliphatic carbocycles. The van der Waals surface area contributed by atoms with Crippen LogP contribution in [0.4, 0.5) is 0 Å². The summed E-state index contributed by atoms with van der Waals surface area (Å²) in [6, 6.07) is 0. The van der Waals surface area contributed by atoms with E-state index in [0.29, 0.717) is 26.2 Å². The molecule has 1 saturated heterocycles. The summed E-state index contributed by atoms with van der Waals surface area (Å²) in [7, 11) is 1.64. The molecule has 1 N–H and O–H groups in total. The Morgan fingerprint density at radius 1 is 1.38 bits per heavy atom. The van der Waals surface area contributed by atoms with Crippen molar-refractivity contribution in [2.45, 2.75) is 6.92 Å². The molecule has 0 unspecified atom stereocenters. The third-order valence-electron chi connectivity index (χ3n) is 2.56. The molecular formula is C11H19N3O2. The van der Waals surface area contributed by atoms with Crippen molar-refractivity contribution in [3.8, 4) is 0 Å². The number of nitrogens with one attached hydrogen (secondary N) is 1. The molecule has 0 aromatic carbocycles. The van der Waals surface area contributed by atoms with Crippen LogP contribution in [0, 0.1) is 0 Å². The third-order valence-corrected chi connectivity index (χ3v) is 2.56. The fourth-order valence-electron chi connectivity index (χ4n) is 1.55. The highest BCUT2D eigenvalue weighted by Gasteiger charge is 2.29. The average molecular weight is 225 g/mol. The van der Waals surface area contributed by atoms with Crippen molar-refractivity contribution < 1.29 is 9.59 Å². The molecule has 5 nitrogen and oxygen atoms in total. The number of hydrogen-bond donors (Lipinski definition) is 1. The Hall–Kier alpha value is -1.36. The van der Waals surface area contributed by atoms with E-state index in [4.69, 9.17) is 0 Å². The number of hydrogen-bond acceptors (Lipinski definition) is 3. The van der Waals surface area contributed by atoms with Gasteiger partial charge in [0.05, 0.1) is 0 Å². The van der Waals surface area contributed by atoms with E-state index in [-0.39, 0.29) is 0 Å². The number of rotatable bonds is 5. The predicted octanol–water partition coefficient (Wildman–Crippen LogP) is -0.547. The van der Waals surface area contributed by atoms with Crippen LogP contribution in [0.2, 0.25) is 0 Å². The van der Waals surface area contributed by atoms with Gasteiger partial charge in [0, 0.05) is 33.2 Å². The Balaban J connectivity index is 2.46. The van der Waals surface area contributed by atoms with Gasteiger partial charge in [0.15, 0.2) is 0 Å². The third kappa shape index (κ3) is 3.06. The molecule has 0 spiro atoms. The molecule has 90 valence electrons. The number of nitrogens with zero attached hydrogens (tertiary/aromatic N) is 2. The van der Waals surface area contributed by atoms with Gasteiger partial charge in [-0.1, -0.05) is 13.5 Å². The summed E-state index contributed by atoms with van der Waals surface area (Å²) in [5, 5.41) is 3.14. The minimum absolute atomic E-state index is 0.425. The summed E-state index contributed by atoms with van der Waals surface area (Å²) in [6.07, 6.45) is 0. The SMILES string of the molecule is C=C(CNCC)CN1CCN(C)C(=O)C1=O. The number of amides is 2. The van der Waals surface area contributed by atoms with Crippen molar-refractivity contribution in [3.63, 3.8) is 0 Å². The number of carbonyl (C=O) groups is 2. The topological polar surface area (TPSA) is 52.6 Å². The van der Waals surface area contributed by atoms with Gasteiger partial charge in [-0.05, 0) is 12.1 Å². The van der Waals surface area contributed by atoms with Crippen LogP contribution in [0.5, 0.6) is 0 Å². The van der Waals surface area contributed by atoms with E-state index < -0.39 is 11.8 Å². The monoisotopic (exact) mass is 225 g/mol. The highest BCUT2D eigenvalue weighted by atomic mass is 16.2. The largest absolute Gasteiger partial charge is 0.336 e. The summed E-state index contributed by atoms with van der Waals surface area (Å²) in [5.74, 6) is -0.853. The molecule has 5 heteroatoms. The van der Waals surface area contributed by atoms with Crippen LogP contribution < -0.4 is 5.32 Å². The molecule has 0 bridgehead atoms. The molecule has 1 fully saturated rings. The molecule has 0 aromatic rings. The smallest absolute Gasteiger partial charge is 0.312 e. The molecule has 16 heavy (non-hydrogen) atoms. The van der Waals surface area contributed by atoms with Gasteiger partial charge in [0.2, 0.25) is 0 Å². The quantitative estimate of drug-likeness (QED) is 0.505. The van der Waals surface area contributed by atoms with E-state index >= 15 is 0 Å². The zero-order valence-corrected chi connectivity index (χ0v) is 9.95. The lowest BCUT2D eigenvalue weighted by Gasteiger charge is -2.31. The first-order valence-corrected chi connectivity index (χ1v) is 5.48. The van der Waals surface area contributed by atoms with E-state index in [1.165, 1.54) is 4.90 Å². The van der Waals surface area contributed by atoms with E-state index in [1.807, 2.05) is 6.92 Å². The summed E-state index contributed by atoms with van der Waals surface area (Å²) >= 11 is 0. The van der Waals surface area contributed by atoms with Gasteiger partial charge in [0.25, 0.3) is 0 Å². The van der Waals surface area contributed by atoms with Crippen LogP contribution in [0.25, 0.3) is 0 Å². The lowest BCUT2D eigenvalue weighted by Crippen LogP contribution is -2.53. The second-order valence-electron chi connectivity index (χ2n) is 3.98. The normalized spacial score (nSPS) is 16.9. The van der Waals surface area contributed by atoms with E-state index in [1.54, 1.807) is 11.9 Å². The first-order valence-electron chi connectivity index (χ1n) is 5.48. The van der Waals surface area contributed by atoms with Gasteiger partial charge in [-0.2, -0.15) is 0 Å². The van der Waals surface area contributed by atoms with Crippen molar-refractivity contribution in [1.29, 1.82) is 0 Å². The Morgan fingerprint density at radius 3 is 2.69 bits per heavy atom. The summed E-state index contributed by atoms with van der Waals surface area (Å²) in [6.45, 7) is 9.10. The van der Waals surface area contributed by atoms with Crippen LogP contribution in [0.3, 0.4) is 0 Å². The maximum atomic E-state index is 11.6. The summed E-state index contributed by atoms with van der Waals surface area (Å²) in [4.78, 5) is 26.0. The molecular weight excluding hydrogens is 206 g/mol. The van der Waals surface area contributed by atoms with Gasteiger partial charge < -0.3 is 15.1 Å². The number of piperazine rings is 1. The van der Waals surface area contributed by atoms with Gasteiger partial charge in [0.1, 0.15) is 0 Å². The molecule has 2 amide bonds. The Kier molecular flexibility index (Phi) is 4.49. The molecule has 1 aliphatic heterocycles. The first kappa shape index (κ1) is 12.7. The Bertz CT molecular complexity index is 302. The fourth-order valence-corrected chi connectivity index (χ4v) is 1.55. The molecule has 0 radical (unpaired) electrons. The predicted molar refractivity (Wildman–Crippen MR) is 61.9 cm³/mol. The van der Waals surface area contributed by atoms with Crippen molar-refractivity contribution in [3.05, 3.63) is 12.2 Å². The molecule has 1 aliphatic rings. The molecule has 0 atom stereocenters. The fraction of sp³-hybridized carbons (Fsp3) is 0.636. The van der Waals surface area contributed by atoms with Crippen molar-refractivity contribution >= 4 is 11.8 Å². The first-order chi connectivity index (χ1) is 7.56. The van der Waals surface area contributed by atoms with Crippen molar-refractivity contribution in [2.75, 3.05) is 39.8 Å². The van der Waals surface area contributed by atoms with Gasteiger partial charge >= 0.3 is 11.8 Å². The standard InChI is InChI=1S/C11H19N3O2/c1-4-12-7-9(2)8-14-6-5-13(3)10(15)11(14)16/h12H,2,4-8H2,1,3H3. The van der Waals surface area contributed by atoms with Crippen LogP contribution in [-0.4, -0.2) is 61.4 Å². The number of carbonyl (C=O) groups excluding carboxylic acids is 2. The zero-order chi connectivity index (χ0) is 12.1.